The minimum Gasteiger partial charge on any atom is -0.375 e. The van der Waals surface area contributed by atoms with E-state index in [1.807, 2.05) is 12.4 Å². The lowest BCUT2D eigenvalue weighted by Crippen LogP contribution is -2.53. The van der Waals surface area contributed by atoms with E-state index in [0.29, 0.717) is 18.1 Å². The summed E-state index contributed by atoms with van der Waals surface area (Å²) in [7, 11) is 0. The highest BCUT2D eigenvalue weighted by atomic mass is 16.5. The van der Waals surface area contributed by atoms with Crippen LogP contribution in [-0.2, 0) is 9.53 Å². The van der Waals surface area contributed by atoms with Gasteiger partial charge in [0, 0.05) is 62.8 Å². The zero-order chi connectivity index (χ0) is 17.9. The first-order chi connectivity index (χ1) is 12.7. The van der Waals surface area contributed by atoms with Gasteiger partial charge < -0.3 is 19.9 Å². The van der Waals surface area contributed by atoms with Gasteiger partial charge in [0.15, 0.2) is 0 Å². The van der Waals surface area contributed by atoms with E-state index < -0.39 is 0 Å². The first-order valence-electron chi connectivity index (χ1n) is 10.0. The molecule has 2 aliphatic heterocycles. The number of nitrogens with zero attached hydrogens (tertiary/aromatic N) is 3. The van der Waals surface area contributed by atoms with Crippen molar-refractivity contribution < 1.29 is 9.53 Å². The van der Waals surface area contributed by atoms with E-state index in [1.54, 1.807) is 0 Å². The quantitative estimate of drug-likeness (QED) is 0.870. The smallest absolute Gasteiger partial charge is 0.225 e. The number of pyridine rings is 1. The summed E-state index contributed by atoms with van der Waals surface area (Å²) in [6, 6.07) is 2.44. The molecule has 3 heterocycles. The lowest BCUT2D eigenvalue weighted by Gasteiger charge is -2.40. The third kappa shape index (κ3) is 3.71. The Hall–Kier alpha value is -1.66. The molecular weight excluding hydrogens is 328 g/mol. The van der Waals surface area contributed by atoms with Gasteiger partial charge in [-0.25, -0.2) is 0 Å². The van der Waals surface area contributed by atoms with E-state index in [-0.39, 0.29) is 5.92 Å². The van der Waals surface area contributed by atoms with Crippen molar-refractivity contribution in [2.24, 2.45) is 5.92 Å². The van der Waals surface area contributed by atoms with Gasteiger partial charge in [-0.15, -0.1) is 0 Å². The largest absolute Gasteiger partial charge is 0.375 e. The zero-order valence-electron chi connectivity index (χ0n) is 15.7. The Labute approximate surface area is 155 Å². The average molecular weight is 358 g/mol. The van der Waals surface area contributed by atoms with E-state index in [1.165, 1.54) is 11.3 Å². The Morgan fingerprint density at radius 3 is 3.08 bits per heavy atom. The van der Waals surface area contributed by atoms with Crippen LogP contribution in [-0.4, -0.2) is 67.3 Å². The second-order valence-corrected chi connectivity index (χ2v) is 7.81. The topological polar surface area (TPSA) is 57.7 Å². The van der Waals surface area contributed by atoms with Crippen molar-refractivity contribution >= 4 is 11.6 Å². The second-order valence-electron chi connectivity index (χ2n) is 7.81. The van der Waals surface area contributed by atoms with E-state index >= 15 is 0 Å². The second kappa shape index (κ2) is 7.92. The zero-order valence-corrected chi connectivity index (χ0v) is 15.7. The van der Waals surface area contributed by atoms with Crippen LogP contribution in [0.3, 0.4) is 0 Å². The molecule has 1 saturated carbocycles. The number of hydrogen-bond acceptors (Lipinski definition) is 5. The lowest BCUT2D eigenvalue weighted by molar-refractivity contribution is -0.138. The molecule has 3 aliphatic rings. The van der Waals surface area contributed by atoms with Crippen LogP contribution in [0.15, 0.2) is 18.5 Å². The molecule has 1 N–H and O–H groups in total. The van der Waals surface area contributed by atoms with Crippen LogP contribution in [0.4, 0.5) is 5.69 Å². The number of aryl methyl sites for hydroxylation is 1. The summed E-state index contributed by atoms with van der Waals surface area (Å²) >= 11 is 0. The number of aromatic nitrogens is 1. The number of fused-ring (bicyclic) bond motifs is 1. The summed E-state index contributed by atoms with van der Waals surface area (Å²) in [4.78, 5) is 21.8. The molecule has 3 atom stereocenters. The van der Waals surface area contributed by atoms with Crippen molar-refractivity contribution in [3.05, 3.63) is 24.0 Å². The van der Waals surface area contributed by atoms with Crippen molar-refractivity contribution in [1.29, 1.82) is 0 Å². The normalized spacial score (nSPS) is 29.8. The standard InChI is InChI=1S/C20H30N4O2/c1-15-14-21-6-5-18(15)23-8-2-9-24(11-10-23)20(25)16-3-4-19-17(13-16)22-7-12-26-19/h5-6,14,16-17,19,22H,2-4,7-13H2,1H3/t16-,17+,19+/m0/s1. The molecule has 1 aromatic heterocycles. The SMILES string of the molecule is Cc1cnccc1N1CCCN(C(=O)[C@H]2CC[C@H]3OCCN[C@@H]3C2)CC1. The highest BCUT2D eigenvalue weighted by molar-refractivity contribution is 5.79. The molecule has 6 nitrogen and oxygen atoms in total. The Morgan fingerprint density at radius 2 is 2.19 bits per heavy atom. The number of carbonyl (C=O) groups is 1. The van der Waals surface area contributed by atoms with Gasteiger partial charge >= 0.3 is 0 Å². The monoisotopic (exact) mass is 358 g/mol. The Kier molecular flexibility index (Phi) is 5.41. The molecule has 26 heavy (non-hydrogen) atoms. The molecule has 2 saturated heterocycles. The van der Waals surface area contributed by atoms with E-state index in [0.717, 1.165) is 65.0 Å². The molecule has 0 aromatic carbocycles. The summed E-state index contributed by atoms with van der Waals surface area (Å²) in [6.45, 7) is 7.40. The maximum atomic E-state index is 13.1. The third-order valence-corrected chi connectivity index (χ3v) is 6.12. The molecule has 1 amide bonds. The molecule has 3 fully saturated rings. The highest BCUT2D eigenvalue weighted by Crippen LogP contribution is 2.30. The Balaban J connectivity index is 1.36. The van der Waals surface area contributed by atoms with Crippen LogP contribution in [0, 0.1) is 12.8 Å². The summed E-state index contributed by atoms with van der Waals surface area (Å²) in [6.07, 6.45) is 7.99. The Morgan fingerprint density at radius 1 is 1.27 bits per heavy atom. The molecular formula is C20H30N4O2. The first-order valence-corrected chi connectivity index (χ1v) is 10.0. The van der Waals surface area contributed by atoms with Crippen LogP contribution in [0.1, 0.15) is 31.2 Å². The number of hydrogen-bond donors (Lipinski definition) is 1. The van der Waals surface area contributed by atoms with Crippen molar-refractivity contribution in [1.82, 2.24) is 15.2 Å². The third-order valence-electron chi connectivity index (χ3n) is 6.12. The van der Waals surface area contributed by atoms with E-state index in [4.69, 9.17) is 4.74 Å². The molecule has 0 radical (unpaired) electrons. The predicted octanol–water partition coefficient (Wildman–Crippen LogP) is 1.59. The van der Waals surface area contributed by atoms with Crippen molar-refractivity contribution in [3.63, 3.8) is 0 Å². The van der Waals surface area contributed by atoms with Gasteiger partial charge in [0.05, 0.1) is 12.7 Å². The van der Waals surface area contributed by atoms with Gasteiger partial charge in [-0.2, -0.15) is 0 Å². The van der Waals surface area contributed by atoms with Gasteiger partial charge in [0.2, 0.25) is 5.91 Å². The minimum atomic E-state index is 0.152. The van der Waals surface area contributed by atoms with Crippen LogP contribution in [0.25, 0.3) is 0 Å². The predicted molar refractivity (Wildman–Crippen MR) is 101 cm³/mol. The van der Waals surface area contributed by atoms with Gasteiger partial charge in [-0.3, -0.25) is 9.78 Å². The van der Waals surface area contributed by atoms with Crippen molar-refractivity contribution in [2.45, 2.75) is 44.8 Å². The van der Waals surface area contributed by atoms with E-state index in [9.17, 15) is 4.79 Å². The number of anilines is 1. The number of carbonyl (C=O) groups excluding carboxylic acids is 1. The maximum Gasteiger partial charge on any atom is 0.225 e. The molecule has 0 bridgehead atoms. The number of ether oxygens (including phenoxy) is 1. The highest BCUT2D eigenvalue weighted by Gasteiger charge is 2.37. The fraction of sp³-hybridized carbons (Fsp3) is 0.700. The maximum absolute atomic E-state index is 13.1. The first kappa shape index (κ1) is 17.7. The molecule has 142 valence electrons. The molecule has 1 aromatic rings. The van der Waals surface area contributed by atoms with Gasteiger partial charge in [0.25, 0.3) is 0 Å². The van der Waals surface area contributed by atoms with Crippen molar-refractivity contribution in [3.8, 4) is 0 Å². The summed E-state index contributed by atoms with van der Waals surface area (Å²) in [5.41, 5.74) is 2.45. The minimum absolute atomic E-state index is 0.152. The number of nitrogens with one attached hydrogen (secondary N) is 1. The summed E-state index contributed by atoms with van der Waals surface area (Å²) in [5, 5.41) is 3.55. The fourth-order valence-corrected chi connectivity index (χ4v) is 4.69. The van der Waals surface area contributed by atoms with E-state index in [2.05, 4.69) is 33.1 Å². The lowest BCUT2D eigenvalue weighted by atomic mass is 9.82. The Bertz CT molecular complexity index is 638. The van der Waals surface area contributed by atoms with Gasteiger partial charge in [-0.1, -0.05) is 0 Å². The number of amides is 1. The average Bonchev–Trinajstić information content (AvgIpc) is 2.93. The molecule has 6 heteroatoms. The molecule has 4 rings (SSSR count). The van der Waals surface area contributed by atoms with Crippen LogP contribution < -0.4 is 10.2 Å². The summed E-state index contributed by atoms with van der Waals surface area (Å²) in [5.74, 6) is 0.504. The number of morpholine rings is 1. The van der Waals surface area contributed by atoms with Crippen LogP contribution >= 0.6 is 0 Å². The summed E-state index contributed by atoms with van der Waals surface area (Å²) < 4.78 is 5.85. The fourth-order valence-electron chi connectivity index (χ4n) is 4.69. The van der Waals surface area contributed by atoms with Crippen molar-refractivity contribution in [2.75, 3.05) is 44.2 Å². The number of rotatable bonds is 2. The van der Waals surface area contributed by atoms with Crippen LogP contribution in [0.2, 0.25) is 0 Å². The van der Waals surface area contributed by atoms with Gasteiger partial charge in [-0.05, 0) is 44.2 Å². The molecule has 0 spiro atoms. The molecule has 0 unspecified atom stereocenters. The van der Waals surface area contributed by atoms with Gasteiger partial charge in [0.1, 0.15) is 0 Å². The molecule has 1 aliphatic carbocycles. The van der Waals surface area contributed by atoms with Crippen LogP contribution in [0.5, 0.6) is 0 Å².